The van der Waals surface area contributed by atoms with Gasteiger partial charge in [0.1, 0.15) is 9.73 Å². The summed E-state index contributed by atoms with van der Waals surface area (Å²) in [6, 6.07) is 7.88. The van der Waals surface area contributed by atoms with E-state index in [2.05, 4.69) is 14.7 Å². The molecule has 4 heterocycles. The molecular formula is C18H14ClN3O5S2. The van der Waals surface area contributed by atoms with Crippen molar-refractivity contribution in [1.29, 1.82) is 0 Å². The van der Waals surface area contributed by atoms with E-state index >= 15 is 0 Å². The second-order valence-electron chi connectivity index (χ2n) is 6.54. The van der Waals surface area contributed by atoms with Crippen LogP contribution < -0.4 is 10.3 Å². The van der Waals surface area contributed by atoms with Gasteiger partial charge in [-0.25, -0.2) is 8.42 Å². The maximum absolute atomic E-state index is 12.6. The molecule has 4 aromatic rings. The van der Waals surface area contributed by atoms with E-state index in [0.717, 1.165) is 11.3 Å². The highest BCUT2D eigenvalue weighted by Gasteiger charge is 2.31. The molecule has 11 heteroatoms. The molecule has 0 saturated carbocycles. The number of hydrogen-bond acceptors (Lipinski definition) is 6. The van der Waals surface area contributed by atoms with E-state index in [1.165, 1.54) is 12.1 Å². The minimum absolute atomic E-state index is 0.113. The highest BCUT2D eigenvalue weighted by Crippen LogP contribution is 2.38. The Morgan fingerprint density at radius 3 is 2.69 bits per heavy atom. The molecular weight excluding hydrogens is 438 g/mol. The summed E-state index contributed by atoms with van der Waals surface area (Å²) in [5, 5.41) is 1.29. The number of H-pyrrole nitrogens is 2. The summed E-state index contributed by atoms with van der Waals surface area (Å²) in [4.78, 5) is 18.2. The molecule has 0 unspecified atom stereocenters. The molecule has 0 bridgehead atoms. The third-order valence-electron chi connectivity index (χ3n) is 4.62. The van der Waals surface area contributed by atoms with Crippen LogP contribution in [0, 0.1) is 0 Å². The van der Waals surface area contributed by atoms with Gasteiger partial charge in [0, 0.05) is 33.7 Å². The van der Waals surface area contributed by atoms with E-state index in [1.807, 2.05) is 0 Å². The molecule has 8 nitrogen and oxygen atoms in total. The second kappa shape index (κ2) is 6.57. The van der Waals surface area contributed by atoms with E-state index in [4.69, 9.17) is 21.1 Å². The standard InChI is InChI=1S/C18H14ClN3O5S2/c1-8-26-18(27-8)11-7-20-16-15(11)10-6-9(2-3-12(10)21-17(16)23)22-29(24,25)14-5-4-13(19)28-14/h2-8,18,20,22H,1H3,(H,21,23). The predicted molar refractivity (Wildman–Crippen MR) is 111 cm³/mol. The fraction of sp³-hybridized carbons (Fsp3) is 0.167. The van der Waals surface area contributed by atoms with Gasteiger partial charge in [0.2, 0.25) is 0 Å². The fourth-order valence-electron chi connectivity index (χ4n) is 3.35. The van der Waals surface area contributed by atoms with Gasteiger partial charge in [0.15, 0.2) is 12.6 Å². The van der Waals surface area contributed by atoms with E-state index < -0.39 is 16.3 Å². The molecule has 0 aliphatic carbocycles. The molecule has 0 atom stereocenters. The van der Waals surface area contributed by atoms with Crippen molar-refractivity contribution in [3.63, 3.8) is 0 Å². The first-order chi connectivity index (χ1) is 13.8. The Hall–Kier alpha value is -2.37. The first-order valence-electron chi connectivity index (χ1n) is 8.58. The van der Waals surface area contributed by atoms with Crippen LogP contribution in [-0.4, -0.2) is 24.7 Å². The number of nitrogens with one attached hydrogen (secondary N) is 3. The van der Waals surface area contributed by atoms with E-state index in [-0.39, 0.29) is 16.1 Å². The molecule has 29 heavy (non-hydrogen) atoms. The molecule has 1 aliphatic rings. The zero-order valence-electron chi connectivity index (χ0n) is 14.9. The Morgan fingerprint density at radius 2 is 2.00 bits per heavy atom. The number of benzene rings is 1. The summed E-state index contributed by atoms with van der Waals surface area (Å²) in [6.45, 7) is 1.78. The number of halogens is 1. The number of pyridine rings is 1. The van der Waals surface area contributed by atoms with Crippen LogP contribution in [0.1, 0.15) is 18.8 Å². The van der Waals surface area contributed by atoms with Crippen LogP contribution in [0.25, 0.3) is 21.8 Å². The Kier molecular flexibility index (Phi) is 4.23. The van der Waals surface area contributed by atoms with Gasteiger partial charge < -0.3 is 19.4 Å². The van der Waals surface area contributed by atoms with Gasteiger partial charge in [-0.2, -0.15) is 0 Å². The number of ether oxygens (including phenoxy) is 2. The molecule has 0 spiro atoms. The third-order valence-corrected chi connectivity index (χ3v) is 7.73. The smallest absolute Gasteiger partial charge is 0.272 e. The van der Waals surface area contributed by atoms with Gasteiger partial charge in [0.25, 0.3) is 15.6 Å². The predicted octanol–water partition coefficient (Wildman–Crippen LogP) is 3.92. The first-order valence-corrected chi connectivity index (χ1v) is 11.3. The van der Waals surface area contributed by atoms with Crippen molar-refractivity contribution >= 4 is 60.5 Å². The van der Waals surface area contributed by atoms with Gasteiger partial charge in [-0.15, -0.1) is 11.3 Å². The molecule has 3 N–H and O–H groups in total. The number of aromatic amines is 2. The third kappa shape index (κ3) is 3.13. The van der Waals surface area contributed by atoms with Gasteiger partial charge in [-0.05, 0) is 37.3 Å². The zero-order valence-corrected chi connectivity index (χ0v) is 17.2. The van der Waals surface area contributed by atoms with Crippen molar-refractivity contribution < 1.29 is 17.9 Å². The maximum atomic E-state index is 12.6. The van der Waals surface area contributed by atoms with Crippen LogP contribution in [0.5, 0.6) is 0 Å². The number of anilines is 1. The SMILES string of the molecule is CC1OC(c2c[nH]c3c(=O)[nH]c4ccc(NS(=O)(=O)c5ccc(Cl)s5)cc4c23)O1. The molecule has 150 valence electrons. The van der Waals surface area contributed by atoms with E-state index in [0.29, 0.717) is 37.4 Å². The lowest BCUT2D eigenvalue weighted by molar-refractivity contribution is -0.382. The first kappa shape index (κ1) is 18.6. The number of fused-ring (bicyclic) bond motifs is 3. The summed E-state index contributed by atoms with van der Waals surface area (Å²) in [5.74, 6) is 0. The summed E-state index contributed by atoms with van der Waals surface area (Å²) >= 11 is 6.83. The molecule has 5 rings (SSSR count). The topological polar surface area (TPSA) is 113 Å². The Labute approximate surface area is 173 Å². The average Bonchev–Trinajstić information content (AvgIpc) is 3.27. The number of rotatable bonds is 4. The minimum atomic E-state index is -3.78. The monoisotopic (exact) mass is 451 g/mol. The van der Waals surface area contributed by atoms with Crippen LogP contribution in [0.3, 0.4) is 0 Å². The summed E-state index contributed by atoms with van der Waals surface area (Å²) in [7, 11) is -3.78. The summed E-state index contributed by atoms with van der Waals surface area (Å²) < 4.78 is 39.4. The largest absolute Gasteiger partial charge is 0.356 e. The van der Waals surface area contributed by atoms with Crippen molar-refractivity contribution in [2.75, 3.05) is 4.72 Å². The van der Waals surface area contributed by atoms with Gasteiger partial charge >= 0.3 is 0 Å². The van der Waals surface area contributed by atoms with Crippen molar-refractivity contribution in [1.82, 2.24) is 9.97 Å². The molecule has 1 fully saturated rings. The quantitative estimate of drug-likeness (QED) is 0.435. The Balaban J connectivity index is 1.64. The molecule has 1 aromatic carbocycles. The number of hydrogen-bond donors (Lipinski definition) is 3. The van der Waals surface area contributed by atoms with Crippen LogP contribution in [0.2, 0.25) is 4.34 Å². The fourth-order valence-corrected chi connectivity index (χ4v) is 5.89. The highest BCUT2D eigenvalue weighted by molar-refractivity contribution is 7.94. The van der Waals surface area contributed by atoms with Gasteiger partial charge in [-0.1, -0.05) is 11.6 Å². The summed E-state index contributed by atoms with van der Waals surface area (Å²) in [5.41, 5.74) is 1.68. The van der Waals surface area contributed by atoms with E-state index in [1.54, 1.807) is 31.3 Å². The Morgan fingerprint density at radius 1 is 1.21 bits per heavy atom. The zero-order chi connectivity index (χ0) is 20.3. The molecule has 3 aromatic heterocycles. The molecule has 1 saturated heterocycles. The number of aromatic nitrogens is 2. The Bertz CT molecular complexity index is 1420. The lowest BCUT2D eigenvalue weighted by Gasteiger charge is -2.33. The normalized spacial score (nSPS) is 19.5. The average molecular weight is 452 g/mol. The van der Waals surface area contributed by atoms with Crippen molar-refractivity contribution in [2.45, 2.75) is 23.7 Å². The molecule has 0 radical (unpaired) electrons. The van der Waals surface area contributed by atoms with E-state index in [9.17, 15) is 13.2 Å². The van der Waals surface area contributed by atoms with Crippen LogP contribution in [0.4, 0.5) is 5.69 Å². The van der Waals surface area contributed by atoms with Crippen molar-refractivity contribution in [3.05, 3.63) is 56.8 Å². The lowest BCUT2D eigenvalue weighted by atomic mass is 10.1. The van der Waals surface area contributed by atoms with Gasteiger partial charge in [0.05, 0.1) is 4.34 Å². The summed E-state index contributed by atoms with van der Waals surface area (Å²) in [6.07, 6.45) is 0.760. The van der Waals surface area contributed by atoms with Crippen LogP contribution in [-0.2, 0) is 19.5 Å². The van der Waals surface area contributed by atoms with Gasteiger partial charge in [-0.3, -0.25) is 9.52 Å². The highest BCUT2D eigenvalue weighted by atomic mass is 35.5. The second-order valence-corrected chi connectivity index (χ2v) is 10.2. The minimum Gasteiger partial charge on any atom is -0.356 e. The maximum Gasteiger partial charge on any atom is 0.272 e. The van der Waals surface area contributed by atoms with Crippen molar-refractivity contribution in [2.24, 2.45) is 0 Å². The number of thiophene rings is 1. The van der Waals surface area contributed by atoms with Crippen LogP contribution in [0.15, 0.2) is 45.5 Å². The molecule has 1 aliphatic heterocycles. The number of sulfonamides is 1. The lowest BCUT2D eigenvalue weighted by Crippen LogP contribution is -2.31. The molecule has 0 amide bonds. The van der Waals surface area contributed by atoms with Crippen molar-refractivity contribution in [3.8, 4) is 0 Å². The van der Waals surface area contributed by atoms with Crippen LogP contribution >= 0.6 is 22.9 Å².